The summed E-state index contributed by atoms with van der Waals surface area (Å²) in [4.78, 5) is 21.1. The van der Waals surface area contributed by atoms with E-state index in [2.05, 4.69) is 15.3 Å². The van der Waals surface area contributed by atoms with E-state index in [1.54, 1.807) is 6.92 Å². The van der Waals surface area contributed by atoms with Crippen LogP contribution in [0.5, 0.6) is 0 Å². The molecule has 0 aliphatic heterocycles. The van der Waals surface area contributed by atoms with Crippen molar-refractivity contribution in [1.29, 1.82) is 0 Å². The van der Waals surface area contributed by atoms with Crippen LogP contribution in [-0.4, -0.2) is 22.5 Å². The zero-order chi connectivity index (χ0) is 17.6. The highest BCUT2D eigenvalue weighted by atomic mass is 16.5. The maximum atomic E-state index is 12.3. The van der Waals surface area contributed by atoms with Gasteiger partial charge in [-0.15, -0.1) is 0 Å². The summed E-state index contributed by atoms with van der Waals surface area (Å²) in [6.07, 6.45) is 0. The smallest absolute Gasteiger partial charge is 0.345 e. The van der Waals surface area contributed by atoms with E-state index in [4.69, 9.17) is 10.5 Å². The molecular formula is C19H18N4O2. The van der Waals surface area contributed by atoms with Crippen LogP contribution in [0, 0.1) is 0 Å². The Morgan fingerprint density at radius 2 is 1.68 bits per heavy atom. The average Bonchev–Trinajstić information content (AvgIpc) is 2.63. The largest absolute Gasteiger partial charge is 0.462 e. The van der Waals surface area contributed by atoms with Gasteiger partial charge in [-0.3, -0.25) is 0 Å². The molecule has 6 nitrogen and oxygen atoms in total. The van der Waals surface area contributed by atoms with Crippen LogP contribution in [0.1, 0.15) is 17.3 Å². The number of carbonyl (C=O) groups is 1. The molecule has 1 heterocycles. The molecule has 0 fully saturated rings. The van der Waals surface area contributed by atoms with Crippen molar-refractivity contribution in [2.45, 2.75) is 6.92 Å². The summed E-state index contributed by atoms with van der Waals surface area (Å²) < 4.78 is 5.09. The minimum absolute atomic E-state index is 0.0748. The molecule has 1 aromatic heterocycles. The second kappa shape index (κ2) is 7.44. The number of esters is 1. The SMILES string of the molecule is CCOC(=O)c1c(N)nc(-c2ccccc2)nc1Nc1ccccc1. The first-order valence-electron chi connectivity index (χ1n) is 7.91. The maximum absolute atomic E-state index is 12.3. The fraction of sp³-hybridized carbons (Fsp3) is 0.105. The van der Waals surface area contributed by atoms with Gasteiger partial charge < -0.3 is 15.8 Å². The number of aromatic nitrogens is 2. The first-order chi connectivity index (χ1) is 12.2. The number of ether oxygens (including phenoxy) is 1. The zero-order valence-corrected chi connectivity index (χ0v) is 13.8. The molecule has 0 saturated carbocycles. The van der Waals surface area contributed by atoms with E-state index in [0.29, 0.717) is 11.6 Å². The number of nitrogens with one attached hydrogen (secondary N) is 1. The third-order valence-electron chi connectivity index (χ3n) is 3.49. The molecule has 0 aliphatic rings. The van der Waals surface area contributed by atoms with Crippen LogP contribution in [0.15, 0.2) is 60.7 Å². The molecule has 0 radical (unpaired) electrons. The van der Waals surface area contributed by atoms with Crippen LogP contribution in [0.25, 0.3) is 11.4 Å². The van der Waals surface area contributed by atoms with Crippen LogP contribution in [0.4, 0.5) is 17.3 Å². The number of nitrogen functional groups attached to an aromatic ring is 1. The van der Waals surface area contributed by atoms with Gasteiger partial charge in [-0.1, -0.05) is 48.5 Å². The Labute approximate surface area is 145 Å². The van der Waals surface area contributed by atoms with Crippen molar-refractivity contribution in [2.75, 3.05) is 17.7 Å². The maximum Gasteiger partial charge on any atom is 0.345 e. The van der Waals surface area contributed by atoms with Gasteiger partial charge in [-0.25, -0.2) is 14.8 Å². The first kappa shape index (κ1) is 16.4. The molecule has 25 heavy (non-hydrogen) atoms. The molecule has 0 bridgehead atoms. The molecule has 0 atom stereocenters. The van der Waals surface area contributed by atoms with Crippen LogP contribution < -0.4 is 11.1 Å². The molecule has 0 spiro atoms. The first-order valence-corrected chi connectivity index (χ1v) is 7.91. The van der Waals surface area contributed by atoms with E-state index >= 15 is 0 Å². The lowest BCUT2D eigenvalue weighted by Gasteiger charge is -2.14. The van der Waals surface area contributed by atoms with Crippen molar-refractivity contribution in [1.82, 2.24) is 9.97 Å². The molecule has 0 aliphatic carbocycles. The number of hydrogen-bond acceptors (Lipinski definition) is 6. The standard InChI is InChI=1S/C19H18N4O2/c1-2-25-19(24)15-16(20)22-17(13-9-5-3-6-10-13)23-18(15)21-14-11-7-4-8-12-14/h3-12H,2H2,1H3,(H3,20,21,22,23). The van der Waals surface area contributed by atoms with Crippen molar-refractivity contribution in [3.8, 4) is 11.4 Å². The Morgan fingerprint density at radius 3 is 2.32 bits per heavy atom. The van der Waals surface area contributed by atoms with Gasteiger partial charge in [0.2, 0.25) is 0 Å². The minimum atomic E-state index is -0.557. The number of para-hydroxylation sites is 1. The van der Waals surface area contributed by atoms with E-state index in [-0.39, 0.29) is 18.0 Å². The van der Waals surface area contributed by atoms with Gasteiger partial charge in [0.15, 0.2) is 11.6 Å². The fourth-order valence-corrected chi connectivity index (χ4v) is 2.35. The Balaban J connectivity index is 2.10. The molecule has 0 unspecified atom stereocenters. The predicted molar refractivity (Wildman–Crippen MR) is 97.6 cm³/mol. The number of hydrogen-bond donors (Lipinski definition) is 2. The molecule has 2 aromatic carbocycles. The van der Waals surface area contributed by atoms with Gasteiger partial charge in [0.25, 0.3) is 0 Å². The number of nitrogens with two attached hydrogens (primary N) is 1. The summed E-state index contributed by atoms with van der Waals surface area (Å²) in [6, 6.07) is 18.9. The monoisotopic (exact) mass is 334 g/mol. The highest BCUT2D eigenvalue weighted by Gasteiger charge is 2.21. The van der Waals surface area contributed by atoms with E-state index in [1.807, 2.05) is 60.7 Å². The van der Waals surface area contributed by atoms with E-state index in [9.17, 15) is 4.79 Å². The highest BCUT2D eigenvalue weighted by Crippen LogP contribution is 2.27. The van der Waals surface area contributed by atoms with Gasteiger partial charge in [0.1, 0.15) is 11.4 Å². The van der Waals surface area contributed by atoms with Gasteiger partial charge >= 0.3 is 5.97 Å². The fourth-order valence-electron chi connectivity index (χ4n) is 2.35. The van der Waals surface area contributed by atoms with E-state index < -0.39 is 5.97 Å². The van der Waals surface area contributed by atoms with Crippen molar-refractivity contribution in [3.63, 3.8) is 0 Å². The Kier molecular flexibility index (Phi) is 4.89. The lowest BCUT2D eigenvalue weighted by molar-refractivity contribution is 0.0528. The molecule has 126 valence electrons. The Morgan fingerprint density at radius 1 is 1.04 bits per heavy atom. The second-order valence-electron chi connectivity index (χ2n) is 5.23. The number of carbonyl (C=O) groups excluding carboxylic acids is 1. The molecule has 6 heteroatoms. The van der Waals surface area contributed by atoms with Crippen LogP contribution in [0.2, 0.25) is 0 Å². The van der Waals surface area contributed by atoms with Crippen molar-refractivity contribution in [3.05, 3.63) is 66.2 Å². The molecule has 3 N–H and O–H groups in total. The number of nitrogens with zero attached hydrogens (tertiary/aromatic N) is 2. The molecule has 3 aromatic rings. The van der Waals surface area contributed by atoms with Gasteiger partial charge in [0, 0.05) is 11.3 Å². The van der Waals surface area contributed by atoms with Gasteiger partial charge in [-0.2, -0.15) is 0 Å². The summed E-state index contributed by atoms with van der Waals surface area (Å²) in [5.74, 6) is 0.268. The van der Waals surface area contributed by atoms with Crippen LogP contribution >= 0.6 is 0 Å². The summed E-state index contributed by atoms with van der Waals surface area (Å²) in [5, 5.41) is 3.13. The van der Waals surface area contributed by atoms with E-state index in [0.717, 1.165) is 11.3 Å². The summed E-state index contributed by atoms with van der Waals surface area (Å²) in [5.41, 5.74) is 7.77. The summed E-state index contributed by atoms with van der Waals surface area (Å²) in [6.45, 7) is 1.97. The average molecular weight is 334 g/mol. The van der Waals surface area contributed by atoms with Gasteiger partial charge in [-0.05, 0) is 19.1 Å². The normalized spacial score (nSPS) is 10.3. The van der Waals surface area contributed by atoms with Crippen LogP contribution in [-0.2, 0) is 4.74 Å². The van der Waals surface area contributed by atoms with Crippen molar-refractivity contribution >= 4 is 23.3 Å². The molecule has 3 rings (SSSR count). The van der Waals surface area contributed by atoms with E-state index in [1.165, 1.54) is 0 Å². The summed E-state index contributed by atoms with van der Waals surface area (Å²) >= 11 is 0. The molecular weight excluding hydrogens is 316 g/mol. The van der Waals surface area contributed by atoms with Crippen molar-refractivity contribution < 1.29 is 9.53 Å². The number of anilines is 3. The Hall–Kier alpha value is -3.41. The predicted octanol–water partition coefficient (Wildman–Crippen LogP) is 3.65. The lowest BCUT2D eigenvalue weighted by Crippen LogP contribution is -2.14. The Bertz CT molecular complexity index is 867. The molecule has 0 amide bonds. The molecule has 0 saturated heterocycles. The van der Waals surface area contributed by atoms with Gasteiger partial charge in [0.05, 0.1) is 6.61 Å². The number of benzene rings is 2. The second-order valence-corrected chi connectivity index (χ2v) is 5.23. The quantitative estimate of drug-likeness (QED) is 0.692. The topological polar surface area (TPSA) is 90.1 Å². The number of rotatable bonds is 5. The minimum Gasteiger partial charge on any atom is -0.462 e. The van der Waals surface area contributed by atoms with Crippen LogP contribution in [0.3, 0.4) is 0 Å². The summed E-state index contributed by atoms with van der Waals surface area (Å²) in [7, 11) is 0. The third-order valence-corrected chi connectivity index (χ3v) is 3.49. The van der Waals surface area contributed by atoms with Crippen molar-refractivity contribution in [2.24, 2.45) is 0 Å². The zero-order valence-electron chi connectivity index (χ0n) is 13.8. The third kappa shape index (κ3) is 3.74. The lowest BCUT2D eigenvalue weighted by atomic mass is 10.2. The highest BCUT2D eigenvalue weighted by molar-refractivity contribution is 6.00.